The zero-order valence-electron chi connectivity index (χ0n) is 13.6. The van der Waals surface area contributed by atoms with Crippen molar-refractivity contribution in [1.29, 1.82) is 0 Å². The molecule has 10 heteroatoms. The number of rotatable bonds is 5. The Bertz CT molecular complexity index is 814. The lowest BCUT2D eigenvalue weighted by molar-refractivity contribution is -0.137. The zero-order chi connectivity index (χ0) is 18.7. The van der Waals surface area contributed by atoms with Crippen LogP contribution in [0.2, 0.25) is 0 Å². The van der Waals surface area contributed by atoms with E-state index in [2.05, 4.69) is 25.8 Å². The van der Waals surface area contributed by atoms with E-state index in [0.29, 0.717) is 11.7 Å². The highest BCUT2D eigenvalue weighted by atomic mass is 19.4. The van der Waals surface area contributed by atoms with Gasteiger partial charge in [0.2, 0.25) is 11.9 Å². The molecular formula is C16H16F3N5O2. The van der Waals surface area contributed by atoms with E-state index in [1.54, 1.807) is 0 Å². The van der Waals surface area contributed by atoms with E-state index in [4.69, 9.17) is 0 Å². The number of nitrogens with one attached hydrogen (secondary N) is 3. The van der Waals surface area contributed by atoms with Crippen LogP contribution in [-0.2, 0) is 11.0 Å². The van der Waals surface area contributed by atoms with Crippen LogP contribution in [0.5, 0.6) is 0 Å². The average Bonchev–Trinajstić information content (AvgIpc) is 2.98. The Morgan fingerprint density at radius 1 is 1.23 bits per heavy atom. The fourth-order valence-corrected chi connectivity index (χ4v) is 2.55. The third-order valence-corrected chi connectivity index (χ3v) is 4.13. The number of alkyl halides is 3. The molecule has 138 valence electrons. The third kappa shape index (κ3) is 4.01. The monoisotopic (exact) mass is 367 g/mol. The second-order valence-electron chi connectivity index (χ2n) is 5.95. The van der Waals surface area contributed by atoms with Gasteiger partial charge in [-0.3, -0.25) is 20.0 Å². The molecule has 2 amide bonds. The van der Waals surface area contributed by atoms with Crippen LogP contribution in [0.4, 0.5) is 19.1 Å². The summed E-state index contributed by atoms with van der Waals surface area (Å²) >= 11 is 0. The van der Waals surface area contributed by atoms with Gasteiger partial charge in [-0.1, -0.05) is 18.6 Å². The number of aromatic nitrogens is 3. The molecule has 1 fully saturated rings. The van der Waals surface area contributed by atoms with Gasteiger partial charge in [0.15, 0.2) is 0 Å². The number of amides is 2. The molecule has 0 aliphatic heterocycles. The summed E-state index contributed by atoms with van der Waals surface area (Å²) in [5.74, 6) is -0.552. The van der Waals surface area contributed by atoms with E-state index in [9.17, 15) is 22.8 Å². The standard InChI is InChI=1S/C16H16F3N5O2/c17-16(18,19)11-7-2-1-6-10(11)14(26)20-8-12(25)21-15-22-13(23-24-15)9-4-3-5-9/h1-2,6-7,9H,3-5,8H2,(H,20,26)(H2,21,22,23,24,25). The van der Waals surface area contributed by atoms with Crippen molar-refractivity contribution in [3.63, 3.8) is 0 Å². The number of carbonyl (C=O) groups is 2. The fourth-order valence-electron chi connectivity index (χ4n) is 2.55. The van der Waals surface area contributed by atoms with Crippen LogP contribution in [0, 0.1) is 0 Å². The minimum atomic E-state index is -4.66. The van der Waals surface area contributed by atoms with Gasteiger partial charge >= 0.3 is 6.18 Å². The molecule has 2 aromatic rings. The first-order valence-corrected chi connectivity index (χ1v) is 8.01. The number of anilines is 1. The molecule has 1 aliphatic rings. The Kier molecular flexibility index (Phi) is 4.92. The lowest BCUT2D eigenvalue weighted by Gasteiger charge is -2.22. The number of aromatic amines is 1. The topological polar surface area (TPSA) is 99.8 Å². The first-order valence-electron chi connectivity index (χ1n) is 8.01. The third-order valence-electron chi connectivity index (χ3n) is 4.13. The van der Waals surface area contributed by atoms with Gasteiger partial charge in [0.1, 0.15) is 5.82 Å². The van der Waals surface area contributed by atoms with E-state index in [1.807, 2.05) is 0 Å². The van der Waals surface area contributed by atoms with Gasteiger partial charge < -0.3 is 5.32 Å². The Morgan fingerprint density at radius 2 is 1.96 bits per heavy atom. The molecule has 1 aromatic heterocycles. The lowest BCUT2D eigenvalue weighted by atomic mass is 9.85. The summed E-state index contributed by atoms with van der Waals surface area (Å²) < 4.78 is 38.8. The second-order valence-corrected chi connectivity index (χ2v) is 5.95. The van der Waals surface area contributed by atoms with Gasteiger partial charge in [-0.25, -0.2) is 0 Å². The predicted octanol–water partition coefficient (Wildman–Crippen LogP) is 2.46. The van der Waals surface area contributed by atoms with E-state index in [0.717, 1.165) is 31.4 Å². The Morgan fingerprint density at radius 3 is 2.62 bits per heavy atom. The van der Waals surface area contributed by atoms with Crippen molar-refractivity contribution in [2.24, 2.45) is 0 Å². The van der Waals surface area contributed by atoms with Crippen molar-refractivity contribution < 1.29 is 22.8 Å². The lowest BCUT2D eigenvalue weighted by Crippen LogP contribution is -2.34. The summed E-state index contributed by atoms with van der Waals surface area (Å²) in [7, 11) is 0. The number of hydrogen-bond donors (Lipinski definition) is 3. The smallest absolute Gasteiger partial charge is 0.343 e. The van der Waals surface area contributed by atoms with Crippen molar-refractivity contribution in [2.45, 2.75) is 31.4 Å². The average molecular weight is 367 g/mol. The maximum atomic E-state index is 12.9. The van der Waals surface area contributed by atoms with Gasteiger partial charge in [0.05, 0.1) is 17.7 Å². The van der Waals surface area contributed by atoms with Crippen molar-refractivity contribution in [1.82, 2.24) is 20.5 Å². The number of halogens is 3. The summed E-state index contributed by atoms with van der Waals surface area (Å²) in [6.45, 7) is -0.502. The first-order chi connectivity index (χ1) is 12.3. The molecule has 1 aliphatic carbocycles. The molecule has 0 atom stereocenters. The highest BCUT2D eigenvalue weighted by molar-refractivity contribution is 5.99. The summed E-state index contributed by atoms with van der Waals surface area (Å²) in [4.78, 5) is 28.0. The molecule has 26 heavy (non-hydrogen) atoms. The molecule has 3 rings (SSSR count). The normalized spacial score (nSPS) is 14.6. The molecule has 0 saturated heterocycles. The van der Waals surface area contributed by atoms with Gasteiger partial charge in [-0.05, 0) is 25.0 Å². The Hall–Kier alpha value is -2.91. The van der Waals surface area contributed by atoms with Gasteiger partial charge in [-0.15, -0.1) is 5.10 Å². The van der Waals surface area contributed by atoms with E-state index < -0.39 is 35.7 Å². The van der Waals surface area contributed by atoms with Crippen molar-refractivity contribution >= 4 is 17.8 Å². The van der Waals surface area contributed by atoms with Crippen LogP contribution in [0.3, 0.4) is 0 Å². The quantitative estimate of drug-likeness (QED) is 0.756. The maximum absolute atomic E-state index is 12.9. The summed E-state index contributed by atoms with van der Waals surface area (Å²) in [5.41, 5.74) is -1.60. The van der Waals surface area contributed by atoms with Gasteiger partial charge in [0, 0.05) is 5.92 Å². The van der Waals surface area contributed by atoms with Gasteiger partial charge in [-0.2, -0.15) is 18.2 Å². The van der Waals surface area contributed by atoms with Gasteiger partial charge in [0.25, 0.3) is 5.91 Å². The Labute approximate surface area is 146 Å². The number of carbonyl (C=O) groups excluding carboxylic acids is 2. The van der Waals surface area contributed by atoms with E-state index >= 15 is 0 Å². The van der Waals surface area contributed by atoms with Crippen molar-refractivity contribution in [3.05, 3.63) is 41.2 Å². The fraction of sp³-hybridized carbons (Fsp3) is 0.375. The van der Waals surface area contributed by atoms with Crippen LogP contribution in [0.1, 0.15) is 46.9 Å². The first kappa shape index (κ1) is 17.9. The molecule has 1 saturated carbocycles. The van der Waals surface area contributed by atoms with Crippen molar-refractivity contribution in [2.75, 3.05) is 11.9 Å². The molecule has 0 unspecified atom stereocenters. The van der Waals surface area contributed by atoms with Crippen LogP contribution in [0.25, 0.3) is 0 Å². The minimum absolute atomic E-state index is 0.0711. The maximum Gasteiger partial charge on any atom is 0.417 e. The number of benzene rings is 1. The minimum Gasteiger partial charge on any atom is -0.343 e. The molecule has 7 nitrogen and oxygen atoms in total. The molecule has 1 aromatic carbocycles. The largest absolute Gasteiger partial charge is 0.417 e. The molecule has 3 N–H and O–H groups in total. The van der Waals surface area contributed by atoms with Crippen LogP contribution in [-0.4, -0.2) is 33.5 Å². The van der Waals surface area contributed by atoms with Crippen molar-refractivity contribution in [3.8, 4) is 0 Å². The second kappa shape index (κ2) is 7.14. The number of H-pyrrole nitrogens is 1. The molecular weight excluding hydrogens is 351 g/mol. The summed E-state index contributed by atoms with van der Waals surface area (Å²) in [6.07, 6.45) is -1.51. The van der Waals surface area contributed by atoms with Crippen LogP contribution < -0.4 is 10.6 Å². The number of hydrogen-bond acceptors (Lipinski definition) is 4. The SMILES string of the molecule is O=C(CNC(=O)c1ccccc1C(F)(F)F)Nc1n[nH]c(C2CCC2)n1. The molecule has 0 bridgehead atoms. The molecule has 0 spiro atoms. The highest BCUT2D eigenvalue weighted by Crippen LogP contribution is 2.34. The summed E-state index contributed by atoms with van der Waals surface area (Å²) in [6, 6.07) is 4.37. The van der Waals surface area contributed by atoms with Crippen LogP contribution >= 0.6 is 0 Å². The zero-order valence-corrected chi connectivity index (χ0v) is 13.6. The predicted molar refractivity (Wildman–Crippen MR) is 85.4 cm³/mol. The Balaban J connectivity index is 1.56. The van der Waals surface area contributed by atoms with E-state index in [1.165, 1.54) is 12.1 Å². The van der Waals surface area contributed by atoms with Crippen LogP contribution in [0.15, 0.2) is 24.3 Å². The molecule has 0 radical (unpaired) electrons. The van der Waals surface area contributed by atoms with E-state index in [-0.39, 0.29) is 5.95 Å². The number of nitrogens with zero attached hydrogens (tertiary/aromatic N) is 2. The highest BCUT2D eigenvalue weighted by Gasteiger charge is 2.34. The summed E-state index contributed by atoms with van der Waals surface area (Å²) in [5, 5.41) is 11.2. The molecule has 1 heterocycles.